The van der Waals surface area contributed by atoms with Crippen LogP contribution in [0.15, 0.2) is 58.3 Å². The number of rotatable bonds is 7. The minimum Gasteiger partial charge on any atom is -0.419 e. The van der Waals surface area contributed by atoms with Crippen LogP contribution in [0.4, 0.5) is 4.39 Å². The molecule has 0 spiro atoms. The molecule has 0 unspecified atom stereocenters. The Hall–Kier alpha value is -3.43. The Morgan fingerprint density at radius 1 is 1.22 bits per heavy atom. The molecule has 2 aromatic carbocycles. The van der Waals surface area contributed by atoms with E-state index in [1.807, 2.05) is 54.5 Å². The summed E-state index contributed by atoms with van der Waals surface area (Å²) in [6.45, 7) is 3.70. The average molecular weight is 506 g/mol. The molecule has 2 aromatic heterocycles. The standard InChI is InChI=1S/C27H28FN5O2S/c1-17-16-36-24(30-17)22-9-6-10-33(22)25(34)21-12-19(15-28)11-20(13-21)23-31-32-26(35-23)27(2,29)14-18-7-4-3-5-8-18/h3-5,7-8,11-13,16,22H,6,9-10,14-15,29H2,1-2H3/t22-,27+/m1/s1. The van der Waals surface area contributed by atoms with Crippen molar-refractivity contribution in [3.63, 3.8) is 0 Å². The number of nitrogens with zero attached hydrogens (tertiary/aromatic N) is 4. The van der Waals surface area contributed by atoms with Crippen molar-refractivity contribution in [1.29, 1.82) is 0 Å². The van der Waals surface area contributed by atoms with Crippen molar-refractivity contribution in [3.05, 3.63) is 87.2 Å². The smallest absolute Gasteiger partial charge is 0.254 e. The Labute approximate surface area is 213 Å². The fourth-order valence-corrected chi connectivity index (χ4v) is 5.58. The van der Waals surface area contributed by atoms with E-state index in [0.29, 0.717) is 29.7 Å². The van der Waals surface area contributed by atoms with Crippen molar-refractivity contribution in [2.75, 3.05) is 6.54 Å². The lowest BCUT2D eigenvalue weighted by molar-refractivity contribution is 0.0735. The van der Waals surface area contributed by atoms with Crippen LogP contribution in [0.25, 0.3) is 11.5 Å². The van der Waals surface area contributed by atoms with Gasteiger partial charge in [-0.1, -0.05) is 30.3 Å². The van der Waals surface area contributed by atoms with E-state index in [4.69, 9.17) is 10.2 Å². The molecule has 1 aliphatic heterocycles. The number of hydrogen-bond donors (Lipinski definition) is 1. The van der Waals surface area contributed by atoms with Gasteiger partial charge in [-0.25, -0.2) is 9.37 Å². The number of aromatic nitrogens is 3. The van der Waals surface area contributed by atoms with E-state index >= 15 is 0 Å². The summed E-state index contributed by atoms with van der Waals surface area (Å²) in [5.74, 6) is 0.320. The van der Waals surface area contributed by atoms with Gasteiger partial charge in [0, 0.05) is 28.7 Å². The first-order chi connectivity index (χ1) is 17.3. The monoisotopic (exact) mass is 505 g/mol. The molecule has 0 radical (unpaired) electrons. The Kier molecular flexibility index (Phi) is 6.68. The zero-order valence-electron chi connectivity index (χ0n) is 20.3. The van der Waals surface area contributed by atoms with E-state index in [-0.39, 0.29) is 23.7 Å². The highest BCUT2D eigenvalue weighted by molar-refractivity contribution is 7.09. The largest absolute Gasteiger partial charge is 0.419 e. The quantitative estimate of drug-likeness (QED) is 0.363. The summed E-state index contributed by atoms with van der Waals surface area (Å²) < 4.78 is 19.8. The predicted octanol–water partition coefficient (Wildman–Crippen LogP) is 5.36. The Morgan fingerprint density at radius 2 is 2.03 bits per heavy atom. The molecule has 0 aliphatic carbocycles. The van der Waals surface area contributed by atoms with E-state index in [2.05, 4.69) is 15.2 Å². The second kappa shape index (κ2) is 9.91. The second-order valence-corrected chi connectivity index (χ2v) is 10.4. The van der Waals surface area contributed by atoms with Gasteiger partial charge in [-0.05, 0) is 62.4 Å². The Morgan fingerprint density at radius 3 is 2.75 bits per heavy atom. The van der Waals surface area contributed by atoms with Crippen molar-refractivity contribution < 1.29 is 13.6 Å². The van der Waals surface area contributed by atoms with Gasteiger partial charge in [-0.2, -0.15) is 0 Å². The van der Waals surface area contributed by atoms with Crippen LogP contribution in [0.5, 0.6) is 0 Å². The number of nitrogens with two attached hydrogens (primary N) is 1. The van der Waals surface area contributed by atoms with Crippen LogP contribution in [0.2, 0.25) is 0 Å². The highest BCUT2D eigenvalue weighted by atomic mass is 32.1. The van der Waals surface area contributed by atoms with Crippen LogP contribution in [0.1, 0.15) is 63.9 Å². The molecule has 3 heterocycles. The van der Waals surface area contributed by atoms with Gasteiger partial charge in [0.2, 0.25) is 11.8 Å². The Balaban J connectivity index is 1.42. The number of carbonyl (C=O) groups is 1. The third-order valence-corrected chi connectivity index (χ3v) is 7.47. The fraction of sp³-hybridized carbons (Fsp3) is 0.333. The summed E-state index contributed by atoms with van der Waals surface area (Å²) >= 11 is 1.57. The zero-order valence-corrected chi connectivity index (χ0v) is 21.1. The molecule has 9 heteroatoms. The number of likely N-dealkylation sites (tertiary alicyclic amines) is 1. The highest BCUT2D eigenvalue weighted by Gasteiger charge is 2.33. The third kappa shape index (κ3) is 4.94. The summed E-state index contributed by atoms with van der Waals surface area (Å²) in [6.07, 6.45) is 2.27. The van der Waals surface area contributed by atoms with E-state index in [1.54, 1.807) is 29.5 Å². The van der Waals surface area contributed by atoms with Crippen molar-refractivity contribution in [3.8, 4) is 11.5 Å². The first kappa shape index (κ1) is 24.3. The molecule has 0 saturated carbocycles. The molecule has 2 N–H and O–H groups in total. The lowest BCUT2D eigenvalue weighted by Gasteiger charge is -2.23. The van der Waals surface area contributed by atoms with Crippen molar-refractivity contribution in [2.24, 2.45) is 5.73 Å². The maximum absolute atomic E-state index is 13.8. The van der Waals surface area contributed by atoms with Crippen molar-refractivity contribution in [1.82, 2.24) is 20.1 Å². The highest BCUT2D eigenvalue weighted by Crippen LogP contribution is 2.35. The average Bonchev–Trinajstić information content (AvgIpc) is 3.64. The SMILES string of the molecule is Cc1csc([C@H]2CCCN2C(=O)c2cc(CF)cc(-c3nnc([C@@](C)(N)Cc4ccccc4)o3)c2)n1. The number of amides is 1. The molecule has 4 aromatic rings. The molecule has 1 aliphatic rings. The van der Waals surface area contributed by atoms with E-state index in [0.717, 1.165) is 29.1 Å². The molecule has 1 fully saturated rings. The molecule has 5 rings (SSSR count). The van der Waals surface area contributed by atoms with Gasteiger partial charge in [0.15, 0.2) is 0 Å². The lowest BCUT2D eigenvalue weighted by atomic mass is 9.94. The van der Waals surface area contributed by atoms with Crippen LogP contribution < -0.4 is 5.73 Å². The number of alkyl halides is 1. The fourth-order valence-electron chi connectivity index (χ4n) is 4.64. The van der Waals surface area contributed by atoms with Gasteiger partial charge in [0.25, 0.3) is 5.91 Å². The first-order valence-corrected chi connectivity index (χ1v) is 12.8. The minimum atomic E-state index is -0.891. The molecule has 2 atom stereocenters. The van der Waals surface area contributed by atoms with Crippen molar-refractivity contribution >= 4 is 17.2 Å². The molecular weight excluding hydrogens is 477 g/mol. The molecular formula is C27H28FN5O2S. The number of benzene rings is 2. The maximum atomic E-state index is 13.8. The molecule has 186 valence electrons. The van der Waals surface area contributed by atoms with Crippen LogP contribution >= 0.6 is 11.3 Å². The first-order valence-electron chi connectivity index (χ1n) is 11.9. The topological polar surface area (TPSA) is 98.1 Å². The molecule has 7 nitrogen and oxygen atoms in total. The van der Waals surface area contributed by atoms with Gasteiger partial charge in [0.1, 0.15) is 11.7 Å². The second-order valence-electron chi connectivity index (χ2n) is 9.53. The van der Waals surface area contributed by atoms with Crippen LogP contribution in [-0.4, -0.2) is 32.5 Å². The predicted molar refractivity (Wildman–Crippen MR) is 136 cm³/mol. The van der Waals surface area contributed by atoms with E-state index in [9.17, 15) is 9.18 Å². The van der Waals surface area contributed by atoms with Gasteiger partial charge < -0.3 is 15.1 Å². The van der Waals surface area contributed by atoms with Crippen LogP contribution in [0.3, 0.4) is 0 Å². The van der Waals surface area contributed by atoms with E-state index < -0.39 is 12.2 Å². The summed E-state index contributed by atoms with van der Waals surface area (Å²) in [6, 6.07) is 14.7. The molecule has 1 amide bonds. The number of aryl methyl sites for hydroxylation is 1. The van der Waals surface area contributed by atoms with E-state index in [1.165, 1.54) is 0 Å². The molecule has 36 heavy (non-hydrogen) atoms. The normalized spacial score (nSPS) is 17.3. The molecule has 1 saturated heterocycles. The number of halogens is 1. The summed E-state index contributed by atoms with van der Waals surface area (Å²) in [7, 11) is 0. The number of thiazole rings is 1. The van der Waals surface area contributed by atoms with Crippen LogP contribution in [0, 0.1) is 6.92 Å². The van der Waals surface area contributed by atoms with Crippen molar-refractivity contribution in [2.45, 2.75) is 51.4 Å². The van der Waals surface area contributed by atoms with Crippen LogP contribution in [-0.2, 0) is 18.6 Å². The van der Waals surface area contributed by atoms with Gasteiger partial charge in [0.05, 0.1) is 11.6 Å². The molecule has 0 bridgehead atoms. The summed E-state index contributed by atoms with van der Waals surface area (Å²) in [4.78, 5) is 20.0. The maximum Gasteiger partial charge on any atom is 0.254 e. The van der Waals surface area contributed by atoms with Gasteiger partial charge in [-0.3, -0.25) is 4.79 Å². The lowest BCUT2D eigenvalue weighted by Crippen LogP contribution is -2.35. The minimum absolute atomic E-state index is 0.0698. The Bertz CT molecular complexity index is 1370. The van der Waals surface area contributed by atoms with Gasteiger partial charge in [-0.15, -0.1) is 21.5 Å². The number of hydrogen-bond acceptors (Lipinski definition) is 7. The summed E-state index contributed by atoms with van der Waals surface area (Å²) in [5, 5.41) is 11.3. The summed E-state index contributed by atoms with van der Waals surface area (Å²) in [5.41, 5.74) is 8.88. The van der Waals surface area contributed by atoms with Gasteiger partial charge >= 0.3 is 0 Å². The third-order valence-electron chi connectivity index (χ3n) is 6.40. The zero-order chi connectivity index (χ0) is 25.3. The number of carbonyl (C=O) groups excluding carboxylic acids is 1.